The van der Waals surface area contributed by atoms with Crippen LogP contribution in [-0.4, -0.2) is 4.98 Å². The summed E-state index contributed by atoms with van der Waals surface area (Å²) < 4.78 is 0. The summed E-state index contributed by atoms with van der Waals surface area (Å²) in [7, 11) is 0. The average molecular weight is 227 g/mol. The van der Waals surface area contributed by atoms with Crippen molar-refractivity contribution in [1.82, 2.24) is 4.98 Å². The number of aryl methyl sites for hydroxylation is 1. The fourth-order valence-corrected chi connectivity index (χ4v) is 2.00. The van der Waals surface area contributed by atoms with Crippen molar-refractivity contribution in [3.05, 3.63) is 41.7 Å². The van der Waals surface area contributed by atoms with E-state index in [1.807, 2.05) is 0 Å². The van der Waals surface area contributed by atoms with Gasteiger partial charge in [0, 0.05) is 22.2 Å². The Balaban J connectivity index is 2.65. The van der Waals surface area contributed by atoms with Gasteiger partial charge in [-0.3, -0.25) is 4.98 Å². The van der Waals surface area contributed by atoms with Gasteiger partial charge in [-0.15, -0.1) is 0 Å². The van der Waals surface area contributed by atoms with Crippen LogP contribution in [0, 0.1) is 12.8 Å². The van der Waals surface area contributed by atoms with Crippen molar-refractivity contribution in [3.8, 4) is 0 Å². The molecule has 0 saturated heterocycles. The van der Waals surface area contributed by atoms with Crippen LogP contribution < -0.4 is 0 Å². The first-order valence-electron chi connectivity index (χ1n) is 6.30. The maximum absolute atomic E-state index is 4.79. The lowest BCUT2D eigenvalue weighted by Gasteiger charge is -2.29. The minimum absolute atomic E-state index is 0.120. The van der Waals surface area contributed by atoms with Gasteiger partial charge in [-0.05, 0) is 24.3 Å². The SMILES string of the molecule is Cc1nc(C(C)(C)C(C)C)cc2ccccc12. The lowest BCUT2D eigenvalue weighted by molar-refractivity contribution is 0.362. The molecule has 1 heterocycles. The maximum atomic E-state index is 4.79. The van der Waals surface area contributed by atoms with Gasteiger partial charge in [0.2, 0.25) is 0 Å². The van der Waals surface area contributed by atoms with E-state index in [9.17, 15) is 0 Å². The highest BCUT2D eigenvalue weighted by Crippen LogP contribution is 2.32. The van der Waals surface area contributed by atoms with Crippen molar-refractivity contribution in [2.75, 3.05) is 0 Å². The molecule has 0 N–H and O–H groups in total. The number of aromatic nitrogens is 1. The van der Waals surface area contributed by atoms with Crippen LogP contribution in [0.5, 0.6) is 0 Å². The summed E-state index contributed by atoms with van der Waals surface area (Å²) in [4.78, 5) is 4.79. The van der Waals surface area contributed by atoms with Crippen LogP contribution in [0.4, 0.5) is 0 Å². The van der Waals surface area contributed by atoms with Gasteiger partial charge in [0.15, 0.2) is 0 Å². The highest BCUT2D eigenvalue weighted by Gasteiger charge is 2.26. The van der Waals surface area contributed by atoms with Crippen molar-refractivity contribution in [2.45, 2.75) is 40.0 Å². The molecule has 0 amide bonds. The van der Waals surface area contributed by atoms with Crippen molar-refractivity contribution in [1.29, 1.82) is 0 Å². The molecule has 2 rings (SSSR count). The molecule has 0 bridgehead atoms. The lowest BCUT2D eigenvalue weighted by atomic mass is 9.77. The Kier molecular flexibility index (Phi) is 2.94. The highest BCUT2D eigenvalue weighted by atomic mass is 14.7. The normalized spacial score (nSPS) is 12.4. The van der Waals surface area contributed by atoms with Crippen LogP contribution in [0.1, 0.15) is 39.1 Å². The lowest BCUT2D eigenvalue weighted by Crippen LogP contribution is -2.26. The molecular formula is C16H21N. The Morgan fingerprint density at radius 1 is 1.12 bits per heavy atom. The molecule has 0 aliphatic rings. The average Bonchev–Trinajstić information content (AvgIpc) is 2.28. The summed E-state index contributed by atoms with van der Waals surface area (Å²) >= 11 is 0. The zero-order valence-electron chi connectivity index (χ0n) is 11.4. The molecule has 1 aromatic heterocycles. The smallest absolute Gasteiger partial charge is 0.0472 e. The van der Waals surface area contributed by atoms with E-state index in [-0.39, 0.29) is 5.41 Å². The molecule has 1 heteroatoms. The van der Waals surface area contributed by atoms with E-state index < -0.39 is 0 Å². The molecule has 17 heavy (non-hydrogen) atoms. The molecule has 0 aliphatic heterocycles. The highest BCUT2D eigenvalue weighted by molar-refractivity contribution is 5.84. The van der Waals surface area contributed by atoms with Crippen molar-refractivity contribution in [2.24, 2.45) is 5.92 Å². The van der Waals surface area contributed by atoms with Crippen LogP contribution in [0.25, 0.3) is 10.8 Å². The Morgan fingerprint density at radius 3 is 2.41 bits per heavy atom. The molecular weight excluding hydrogens is 206 g/mol. The number of pyridine rings is 1. The van der Waals surface area contributed by atoms with Gasteiger partial charge in [-0.1, -0.05) is 52.0 Å². The number of hydrogen-bond donors (Lipinski definition) is 0. The Bertz CT molecular complexity index is 538. The van der Waals surface area contributed by atoms with Gasteiger partial charge in [0.1, 0.15) is 0 Å². The number of hydrogen-bond acceptors (Lipinski definition) is 1. The second-order valence-electron chi connectivity index (χ2n) is 5.69. The molecule has 0 fully saturated rings. The predicted molar refractivity (Wildman–Crippen MR) is 74.3 cm³/mol. The van der Waals surface area contributed by atoms with Crippen molar-refractivity contribution >= 4 is 10.8 Å². The third-order valence-corrected chi connectivity index (χ3v) is 4.03. The monoisotopic (exact) mass is 227 g/mol. The molecule has 0 radical (unpaired) electrons. The number of rotatable bonds is 2. The van der Waals surface area contributed by atoms with Gasteiger partial charge < -0.3 is 0 Å². The van der Waals surface area contributed by atoms with Crippen molar-refractivity contribution < 1.29 is 0 Å². The largest absolute Gasteiger partial charge is 0.257 e. The molecule has 1 nitrogen and oxygen atoms in total. The Morgan fingerprint density at radius 2 is 1.76 bits per heavy atom. The summed E-state index contributed by atoms with van der Waals surface area (Å²) in [6, 6.07) is 10.7. The molecule has 1 aromatic carbocycles. The summed E-state index contributed by atoms with van der Waals surface area (Å²) in [6.07, 6.45) is 0. The minimum atomic E-state index is 0.120. The number of fused-ring (bicyclic) bond motifs is 1. The van der Waals surface area contributed by atoms with Gasteiger partial charge in [0.05, 0.1) is 0 Å². The van der Waals surface area contributed by atoms with Crippen LogP contribution in [0.15, 0.2) is 30.3 Å². The topological polar surface area (TPSA) is 12.9 Å². The Hall–Kier alpha value is -1.37. The van der Waals surface area contributed by atoms with Gasteiger partial charge >= 0.3 is 0 Å². The van der Waals surface area contributed by atoms with Crippen LogP contribution in [-0.2, 0) is 5.41 Å². The molecule has 2 aromatic rings. The molecule has 0 unspecified atom stereocenters. The second kappa shape index (κ2) is 4.14. The van der Waals surface area contributed by atoms with E-state index in [1.54, 1.807) is 0 Å². The van der Waals surface area contributed by atoms with Gasteiger partial charge in [-0.25, -0.2) is 0 Å². The minimum Gasteiger partial charge on any atom is -0.257 e. The summed E-state index contributed by atoms with van der Waals surface area (Å²) in [5.41, 5.74) is 2.45. The number of nitrogens with zero attached hydrogens (tertiary/aromatic N) is 1. The van der Waals surface area contributed by atoms with Crippen LogP contribution >= 0.6 is 0 Å². The number of benzene rings is 1. The third-order valence-electron chi connectivity index (χ3n) is 4.03. The van der Waals surface area contributed by atoms with E-state index in [2.05, 4.69) is 65.0 Å². The van der Waals surface area contributed by atoms with E-state index >= 15 is 0 Å². The van der Waals surface area contributed by atoms with E-state index in [4.69, 9.17) is 4.98 Å². The fourth-order valence-electron chi connectivity index (χ4n) is 2.00. The zero-order valence-corrected chi connectivity index (χ0v) is 11.4. The van der Waals surface area contributed by atoms with E-state index in [1.165, 1.54) is 16.5 Å². The van der Waals surface area contributed by atoms with Gasteiger partial charge in [0.25, 0.3) is 0 Å². The molecule has 0 spiro atoms. The fraction of sp³-hybridized carbons (Fsp3) is 0.438. The quantitative estimate of drug-likeness (QED) is 0.737. The summed E-state index contributed by atoms with van der Waals surface area (Å²) in [5.74, 6) is 0.579. The molecule has 0 saturated carbocycles. The zero-order chi connectivity index (χ0) is 12.6. The van der Waals surface area contributed by atoms with Crippen LogP contribution in [0.3, 0.4) is 0 Å². The van der Waals surface area contributed by atoms with E-state index in [0.717, 1.165) is 5.69 Å². The van der Waals surface area contributed by atoms with Crippen molar-refractivity contribution in [3.63, 3.8) is 0 Å². The second-order valence-corrected chi connectivity index (χ2v) is 5.69. The molecule has 0 atom stereocenters. The maximum Gasteiger partial charge on any atom is 0.0472 e. The standard InChI is InChI=1S/C16H21N/c1-11(2)16(4,5)15-10-13-8-6-7-9-14(13)12(3)17-15/h6-11H,1-5H3. The van der Waals surface area contributed by atoms with Crippen LogP contribution in [0.2, 0.25) is 0 Å². The predicted octanol–water partition coefficient (Wildman–Crippen LogP) is 4.48. The first-order valence-corrected chi connectivity index (χ1v) is 6.30. The first kappa shape index (κ1) is 12.1. The van der Waals surface area contributed by atoms with Gasteiger partial charge in [-0.2, -0.15) is 0 Å². The summed E-state index contributed by atoms with van der Waals surface area (Å²) in [6.45, 7) is 11.2. The Labute approximate surface area is 104 Å². The van der Waals surface area contributed by atoms with E-state index in [0.29, 0.717) is 5.92 Å². The molecule has 0 aliphatic carbocycles. The summed E-state index contributed by atoms with van der Waals surface area (Å²) in [5, 5.41) is 2.56. The molecule has 90 valence electrons. The first-order chi connectivity index (χ1) is 7.93. The third kappa shape index (κ3) is 2.06.